The summed E-state index contributed by atoms with van der Waals surface area (Å²) in [6, 6.07) is 18.1. The lowest BCUT2D eigenvalue weighted by atomic mass is 9.85. The fraction of sp³-hybridized carbons (Fsp3) is 0.438. The number of thiophene rings is 1. The van der Waals surface area contributed by atoms with Gasteiger partial charge in [-0.05, 0) is 86.8 Å². The molecule has 0 unspecified atom stereocenters. The fourth-order valence-electron chi connectivity index (χ4n) is 9.62. The molecule has 2 aliphatic heterocycles. The second-order valence-corrected chi connectivity index (χ2v) is 19.7. The lowest BCUT2D eigenvalue weighted by Crippen LogP contribution is -2.49. The van der Waals surface area contributed by atoms with Crippen LogP contribution in [0.4, 0.5) is 0 Å². The predicted molar refractivity (Wildman–Crippen MR) is 242 cm³/mol. The van der Waals surface area contributed by atoms with Crippen molar-refractivity contribution in [3.05, 3.63) is 99.3 Å². The van der Waals surface area contributed by atoms with Crippen molar-refractivity contribution in [2.75, 3.05) is 19.6 Å². The Hall–Kier alpha value is -5.51. The van der Waals surface area contributed by atoms with E-state index in [9.17, 15) is 24.6 Å². The average molecular weight is 888 g/mol. The van der Waals surface area contributed by atoms with E-state index in [1.165, 1.54) is 10.4 Å². The standard InChI is InChI=1S/C48H53N7O6S2/c1-26(2)36(48(60)55-24-33(56)20-41(55)45(58)50-27(3)29-9-11-31(12-10-29)44-28(4)49-25-62-44)21-34-22-39(53-61-34)30-15-17-54(18-16-30)47(59)32-13-14-43-37(19-32)38-23-40(51-52-46(38)63-43)35-7-5-6-8-42(35)57/h5-12,22-23,25-27,30,32-33,36,41,56-57H,13-21,24H2,1-4H3,(H,50,58)/t27-,32-,33+,36-,41-/m0/s1. The minimum Gasteiger partial charge on any atom is -0.507 e. The number of phenolic OH excluding ortho intramolecular Hbond substituents is 1. The summed E-state index contributed by atoms with van der Waals surface area (Å²) in [6.45, 7) is 9.25. The van der Waals surface area contributed by atoms with Crippen LogP contribution in [0.3, 0.4) is 0 Å². The number of thiazole rings is 1. The maximum Gasteiger partial charge on any atom is 0.243 e. The van der Waals surface area contributed by atoms with Gasteiger partial charge < -0.3 is 29.9 Å². The second kappa shape index (κ2) is 17.9. The second-order valence-electron chi connectivity index (χ2n) is 17.8. The molecule has 0 bridgehead atoms. The van der Waals surface area contributed by atoms with E-state index in [2.05, 4.69) is 25.7 Å². The number of hydrogen-bond donors (Lipinski definition) is 3. The van der Waals surface area contributed by atoms with E-state index < -0.39 is 18.1 Å². The van der Waals surface area contributed by atoms with E-state index in [-0.39, 0.29) is 60.2 Å². The zero-order valence-corrected chi connectivity index (χ0v) is 37.6. The molecule has 9 rings (SSSR count). The van der Waals surface area contributed by atoms with E-state index in [0.717, 1.165) is 63.3 Å². The van der Waals surface area contributed by atoms with Crippen molar-refractivity contribution in [2.45, 2.75) is 96.7 Å². The monoisotopic (exact) mass is 887 g/mol. The summed E-state index contributed by atoms with van der Waals surface area (Å²) < 4.78 is 5.86. The van der Waals surface area contributed by atoms with Crippen LogP contribution in [0, 0.1) is 24.7 Å². The van der Waals surface area contributed by atoms with E-state index in [1.54, 1.807) is 39.7 Å². The van der Waals surface area contributed by atoms with Gasteiger partial charge in [-0.15, -0.1) is 32.9 Å². The first kappa shape index (κ1) is 42.8. The highest BCUT2D eigenvalue weighted by molar-refractivity contribution is 7.18. The SMILES string of the molecule is Cc1ncsc1-c1ccc([C@H](C)NC(=O)[C@@H]2C[C@@H](O)CN2C(=O)[C@@H](Cc2cc(C3CCN(C(=O)[C@H]4CCc5sc6nnc(-c7ccccc7O)cc6c5C4)CC3)no2)C(C)C)cc1. The third kappa shape index (κ3) is 8.75. The van der Waals surface area contributed by atoms with Gasteiger partial charge in [-0.2, -0.15) is 0 Å². The third-order valence-corrected chi connectivity index (χ3v) is 15.5. The Kier molecular flexibility index (Phi) is 12.2. The normalized spacial score (nSPS) is 20.3. The molecule has 1 aliphatic carbocycles. The molecule has 15 heteroatoms. The van der Waals surface area contributed by atoms with Crippen molar-refractivity contribution in [1.29, 1.82) is 0 Å². The summed E-state index contributed by atoms with van der Waals surface area (Å²) >= 11 is 3.24. The molecule has 2 aromatic carbocycles. The predicted octanol–water partition coefficient (Wildman–Crippen LogP) is 7.65. The molecule has 5 atom stereocenters. The molecule has 0 saturated carbocycles. The molecular weight excluding hydrogens is 835 g/mol. The summed E-state index contributed by atoms with van der Waals surface area (Å²) in [6.07, 6.45) is 3.51. The summed E-state index contributed by atoms with van der Waals surface area (Å²) in [4.78, 5) is 53.1. The number of aliphatic hydroxyl groups excluding tert-OH is 1. The molecule has 6 aromatic rings. The molecule has 0 radical (unpaired) electrons. The van der Waals surface area contributed by atoms with Crippen LogP contribution in [0.25, 0.3) is 31.9 Å². The number of phenols is 1. The number of benzene rings is 2. The maximum absolute atomic E-state index is 14.2. The third-order valence-electron chi connectivity index (χ3n) is 13.3. The van der Waals surface area contributed by atoms with Crippen LogP contribution in [0.1, 0.15) is 91.6 Å². The van der Waals surface area contributed by atoms with Gasteiger partial charge in [-0.1, -0.05) is 55.4 Å². The largest absolute Gasteiger partial charge is 0.507 e. The molecule has 63 heavy (non-hydrogen) atoms. The Morgan fingerprint density at radius 3 is 2.51 bits per heavy atom. The van der Waals surface area contributed by atoms with Crippen LogP contribution in [0.2, 0.25) is 0 Å². The number of nitrogens with one attached hydrogen (secondary N) is 1. The number of para-hydroxylation sites is 1. The van der Waals surface area contributed by atoms with Gasteiger partial charge >= 0.3 is 0 Å². The number of rotatable bonds is 11. The van der Waals surface area contributed by atoms with Crippen LogP contribution in [0.15, 0.2) is 70.7 Å². The van der Waals surface area contributed by atoms with E-state index in [1.807, 2.05) is 86.6 Å². The Morgan fingerprint density at radius 1 is 1.00 bits per heavy atom. The summed E-state index contributed by atoms with van der Waals surface area (Å²) in [5.41, 5.74) is 8.08. The number of aryl methyl sites for hydroxylation is 2. The van der Waals surface area contributed by atoms with Gasteiger partial charge in [0.1, 0.15) is 22.4 Å². The molecule has 3 amide bonds. The number of β-amino-alcohol motifs (C(OH)–C–C–N with tert-alkyl or cyclic N) is 1. The number of amides is 3. The van der Waals surface area contributed by atoms with Crippen molar-refractivity contribution in [2.24, 2.45) is 17.8 Å². The molecule has 13 nitrogen and oxygen atoms in total. The highest BCUT2D eigenvalue weighted by Gasteiger charge is 2.42. The van der Waals surface area contributed by atoms with E-state index in [0.29, 0.717) is 42.9 Å². The molecule has 6 heterocycles. The van der Waals surface area contributed by atoms with Crippen molar-refractivity contribution < 1.29 is 29.1 Å². The lowest BCUT2D eigenvalue weighted by Gasteiger charge is -2.34. The number of likely N-dealkylation sites (tertiary alicyclic amines) is 2. The molecule has 2 saturated heterocycles. The van der Waals surface area contributed by atoms with Crippen molar-refractivity contribution in [3.8, 4) is 27.4 Å². The van der Waals surface area contributed by atoms with E-state index in [4.69, 9.17) is 4.52 Å². The van der Waals surface area contributed by atoms with Gasteiger partial charge in [-0.25, -0.2) is 4.98 Å². The number of fused-ring (bicyclic) bond motifs is 3. The Bertz CT molecular complexity index is 2630. The summed E-state index contributed by atoms with van der Waals surface area (Å²) in [5.74, 6) is -0.0384. The highest BCUT2D eigenvalue weighted by atomic mass is 32.1. The number of nitrogens with zero attached hydrogens (tertiary/aromatic N) is 6. The van der Waals surface area contributed by atoms with E-state index >= 15 is 0 Å². The summed E-state index contributed by atoms with van der Waals surface area (Å²) in [7, 11) is 0. The Balaban J connectivity index is 0.798. The van der Waals surface area contributed by atoms with Crippen LogP contribution in [-0.2, 0) is 33.6 Å². The smallest absolute Gasteiger partial charge is 0.243 e. The first-order valence-electron chi connectivity index (χ1n) is 22.0. The number of aliphatic hydroxyl groups is 1. The van der Waals surface area contributed by atoms with Crippen molar-refractivity contribution in [1.82, 2.24) is 35.5 Å². The van der Waals surface area contributed by atoms with Crippen LogP contribution < -0.4 is 5.32 Å². The number of piperidine rings is 1. The topological polar surface area (TPSA) is 175 Å². The molecule has 3 N–H and O–H groups in total. The van der Waals surface area contributed by atoms with Crippen LogP contribution >= 0.6 is 22.7 Å². The molecule has 2 fully saturated rings. The molecule has 0 spiro atoms. The first-order valence-corrected chi connectivity index (χ1v) is 23.7. The number of hydrogen-bond acceptors (Lipinski definition) is 12. The van der Waals surface area contributed by atoms with Crippen molar-refractivity contribution in [3.63, 3.8) is 0 Å². The van der Waals surface area contributed by atoms with Gasteiger partial charge in [0.2, 0.25) is 17.7 Å². The molecular formula is C48H53N7O6S2. The van der Waals surface area contributed by atoms with Gasteiger partial charge in [0.15, 0.2) is 0 Å². The first-order chi connectivity index (χ1) is 30.4. The quantitative estimate of drug-likeness (QED) is 0.117. The van der Waals surface area contributed by atoms with Crippen molar-refractivity contribution >= 4 is 50.6 Å². The lowest BCUT2D eigenvalue weighted by molar-refractivity contribution is -0.143. The Morgan fingerprint density at radius 2 is 1.78 bits per heavy atom. The maximum atomic E-state index is 14.2. The zero-order valence-electron chi connectivity index (χ0n) is 36.0. The molecule has 3 aliphatic rings. The van der Waals surface area contributed by atoms with Crippen LogP contribution in [0.5, 0.6) is 5.75 Å². The number of aromatic nitrogens is 4. The number of carbonyl (C=O) groups excluding carboxylic acids is 3. The minimum atomic E-state index is -0.797. The number of aromatic hydroxyl groups is 1. The van der Waals surface area contributed by atoms with Crippen LogP contribution in [-0.4, -0.2) is 89.9 Å². The minimum absolute atomic E-state index is 0.0587. The fourth-order valence-corrected chi connectivity index (χ4v) is 11.6. The van der Waals surface area contributed by atoms with Gasteiger partial charge in [-0.3, -0.25) is 14.4 Å². The van der Waals surface area contributed by atoms with Gasteiger partial charge in [0, 0.05) is 72.1 Å². The number of carbonyl (C=O) groups is 3. The summed E-state index contributed by atoms with van der Waals surface area (Å²) in [5, 5.41) is 38.6. The van der Waals surface area contributed by atoms with Gasteiger partial charge in [0.05, 0.1) is 39.6 Å². The average Bonchev–Trinajstić information content (AvgIpc) is 4.11. The Labute approximate surface area is 374 Å². The van der Waals surface area contributed by atoms with Gasteiger partial charge in [0.25, 0.3) is 0 Å². The molecule has 328 valence electrons. The highest BCUT2D eigenvalue weighted by Crippen LogP contribution is 2.40. The molecule has 4 aromatic heterocycles. The zero-order chi connectivity index (χ0) is 43.9.